The molecule has 0 saturated carbocycles. The standard InChI is InChI=1S/C75H48N6O/c1-4-20-47(21-5-1)60-42-51(75-77-73(49-24-8-3-9-25-49)76-74(78-75)50-36-39-59-58-30-14-19-35-70(58)82-71(59)44-50)43-61(48-22-6-2-7-23-48)72(60)81-68-40-37-52(79-64-31-15-10-26-54(64)55-27-11-16-32-65(55)79)45-62(68)63-46-53(38-41-69(63)81)80-66-33-17-12-28-56(66)57-29-13-18-34-67(57)80/h1-45,53H,46H2. The first-order valence-electron chi connectivity index (χ1n) is 28.0. The Labute approximate surface area is 471 Å². The quantitative estimate of drug-likeness (QED) is 0.152. The van der Waals surface area contributed by atoms with Gasteiger partial charge in [-0.15, -0.1) is 0 Å². The first-order valence-corrected chi connectivity index (χ1v) is 28.0. The molecule has 5 heterocycles. The minimum absolute atomic E-state index is 0.0437. The van der Waals surface area contributed by atoms with Gasteiger partial charge in [-0.1, -0.05) is 194 Å². The topological polar surface area (TPSA) is 66.6 Å². The van der Waals surface area contributed by atoms with Crippen molar-refractivity contribution in [1.82, 2.24) is 28.7 Å². The van der Waals surface area contributed by atoms with Gasteiger partial charge in [0.25, 0.3) is 0 Å². The van der Waals surface area contributed by atoms with Crippen molar-refractivity contribution in [3.8, 4) is 67.8 Å². The van der Waals surface area contributed by atoms with E-state index in [4.69, 9.17) is 19.4 Å². The molecule has 0 fully saturated rings. The number of rotatable bonds is 8. The van der Waals surface area contributed by atoms with Crippen molar-refractivity contribution in [2.45, 2.75) is 12.5 Å². The molecule has 0 spiro atoms. The molecule has 0 bridgehead atoms. The van der Waals surface area contributed by atoms with Crippen LogP contribution in [0.3, 0.4) is 0 Å². The summed E-state index contributed by atoms with van der Waals surface area (Å²) in [6.07, 6.45) is 5.61. The van der Waals surface area contributed by atoms with Gasteiger partial charge in [-0.2, -0.15) is 0 Å². The molecule has 5 aromatic heterocycles. The monoisotopic (exact) mass is 1050 g/mol. The Morgan fingerprint density at radius 3 is 1.43 bits per heavy atom. The number of nitrogens with zero attached hydrogens (tertiary/aromatic N) is 6. The Kier molecular flexibility index (Phi) is 10.3. The average molecular weight is 1050 g/mol. The summed E-state index contributed by atoms with van der Waals surface area (Å²) in [5.41, 5.74) is 19.1. The molecule has 0 radical (unpaired) electrons. The SMILES string of the molecule is C1=CC(n2c3ccccc3c3ccccc32)Cc2c1n(-c1c(-c3ccccc3)cc(-c3nc(-c4ccccc4)nc(-c4ccc5c(c4)oc4ccccc45)n3)cc1-c1ccccc1)c1ccc(-n3c4ccccc4c4ccccc43)cc21. The normalized spacial score (nSPS) is 13.4. The fourth-order valence-electron chi connectivity index (χ4n) is 13.2. The average Bonchev–Trinajstić information content (AvgIpc) is 4.44. The van der Waals surface area contributed by atoms with Crippen molar-refractivity contribution < 1.29 is 4.42 Å². The van der Waals surface area contributed by atoms with Crippen molar-refractivity contribution in [2.75, 3.05) is 0 Å². The summed E-state index contributed by atoms with van der Waals surface area (Å²) in [6.45, 7) is 0. The van der Waals surface area contributed by atoms with E-state index in [1.54, 1.807) is 0 Å². The molecule has 17 rings (SSSR count). The van der Waals surface area contributed by atoms with Crippen molar-refractivity contribution in [2.24, 2.45) is 0 Å². The van der Waals surface area contributed by atoms with E-state index >= 15 is 0 Å². The van der Waals surface area contributed by atoms with E-state index in [-0.39, 0.29) is 6.04 Å². The molecule has 7 nitrogen and oxygen atoms in total. The molecule has 82 heavy (non-hydrogen) atoms. The van der Waals surface area contributed by atoms with Gasteiger partial charge in [-0.25, -0.2) is 15.0 Å². The molecule has 1 aliphatic carbocycles. The van der Waals surface area contributed by atoms with Gasteiger partial charge in [0.1, 0.15) is 11.2 Å². The second kappa shape index (κ2) is 18.3. The van der Waals surface area contributed by atoms with Gasteiger partial charge < -0.3 is 18.1 Å². The summed E-state index contributed by atoms with van der Waals surface area (Å²) in [6, 6.07) is 93.3. The summed E-state index contributed by atoms with van der Waals surface area (Å²) in [5, 5.41) is 8.34. The summed E-state index contributed by atoms with van der Waals surface area (Å²) in [4.78, 5) is 16.0. The lowest BCUT2D eigenvalue weighted by molar-refractivity contribution is 0.636. The Morgan fingerprint density at radius 1 is 0.341 bits per heavy atom. The van der Waals surface area contributed by atoms with E-state index in [9.17, 15) is 0 Å². The van der Waals surface area contributed by atoms with Gasteiger partial charge in [0, 0.05) is 87.9 Å². The van der Waals surface area contributed by atoms with E-state index in [2.05, 4.69) is 250 Å². The summed E-state index contributed by atoms with van der Waals surface area (Å²) in [7, 11) is 0. The van der Waals surface area contributed by atoms with Crippen molar-refractivity contribution in [3.63, 3.8) is 0 Å². The number of benzene rings is 11. The molecule has 1 atom stereocenters. The highest BCUT2D eigenvalue weighted by atomic mass is 16.3. The molecule has 0 saturated heterocycles. The van der Waals surface area contributed by atoms with Crippen molar-refractivity contribution in [3.05, 3.63) is 278 Å². The molecule has 16 aromatic rings. The number of hydrogen-bond donors (Lipinski definition) is 0. The van der Waals surface area contributed by atoms with Crippen LogP contribution in [-0.4, -0.2) is 28.7 Å². The number of furan rings is 1. The van der Waals surface area contributed by atoms with Crippen LogP contribution in [0, 0.1) is 0 Å². The lowest BCUT2D eigenvalue weighted by Gasteiger charge is -2.24. The lowest BCUT2D eigenvalue weighted by Crippen LogP contribution is -2.14. The number of allylic oxidation sites excluding steroid dienone is 1. The highest BCUT2D eigenvalue weighted by Crippen LogP contribution is 2.47. The Hall–Kier alpha value is -10.9. The maximum Gasteiger partial charge on any atom is 0.164 e. The lowest BCUT2D eigenvalue weighted by atomic mass is 9.92. The minimum Gasteiger partial charge on any atom is -0.456 e. The molecule has 384 valence electrons. The third-order valence-electron chi connectivity index (χ3n) is 16.8. The van der Waals surface area contributed by atoms with Crippen LogP contribution in [0.1, 0.15) is 17.3 Å². The van der Waals surface area contributed by atoms with E-state index < -0.39 is 0 Å². The van der Waals surface area contributed by atoms with Gasteiger partial charge in [0.15, 0.2) is 17.5 Å². The fourth-order valence-corrected chi connectivity index (χ4v) is 13.2. The van der Waals surface area contributed by atoms with Crippen molar-refractivity contribution in [1.29, 1.82) is 0 Å². The van der Waals surface area contributed by atoms with Crippen LogP contribution in [0.2, 0.25) is 0 Å². The largest absolute Gasteiger partial charge is 0.456 e. The fraction of sp³-hybridized carbons (Fsp3) is 0.0267. The molecule has 0 N–H and O–H groups in total. The van der Waals surface area contributed by atoms with Crippen LogP contribution in [0.4, 0.5) is 0 Å². The van der Waals surface area contributed by atoms with Gasteiger partial charge in [0.2, 0.25) is 0 Å². The minimum atomic E-state index is 0.0437. The van der Waals surface area contributed by atoms with Crippen LogP contribution in [0.25, 0.3) is 150 Å². The van der Waals surface area contributed by atoms with E-state index in [1.165, 1.54) is 54.6 Å². The van der Waals surface area contributed by atoms with Gasteiger partial charge >= 0.3 is 0 Å². The molecule has 0 amide bonds. The second-order valence-corrected chi connectivity index (χ2v) is 21.4. The molecule has 0 aliphatic heterocycles. The van der Waals surface area contributed by atoms with E-state index in [0.717, 1.165) is 89.9 Å². The van der Waals surface area contributed by atoms with Crippen LogP contribution in [0.5, 0.6) is 0 Å². The first-order chi connectivity index (χ1) is 40.7. The van der Waals surface area contributed by atoms with Gasteiger partial charge in [0.05, 0.1) is 28.3 Å². The molecule has 7 heteroatoms. The summed E-state index contributed by atoms with van der Waals surface area (Å²) < 4.78 is 14.0. The summed E-state index contributed by atoms with van der Waals surface area (Å²) in [5.74, 6) is 1.72. The zero-order valence-electron chi connectivity index (χ0n) is 44.4. The highest BCUT2D eigenvalue weighted by molar-refractivity contribution is 6.11. The highest BCUT2D eigenvalue weighted by Gasteiger charge is 2.30. The third-order valence-corrected chi connectivity index (χ3v) is 16.8. The van der Waals surface area contributed by atoms with Crippen LogP contribution in [0.15, 0.2) is 271 Å². The number of hydrogen-bond acceptors (Lipinski definition) is 4. The Morgan fingerprint density at radius 2 is 0.817 bits per heavy atom. The Balaban J connectivity index is 0.935. The maximum atomic E-state index is 6.43. The number of aromatic nitrogens is 6. The molecular formula is C75H48N6O. The van der Waals surface area contributed by atoms with Crippen LogP contribution < -0.4 is 0 Å². The molecule has 11 aromatic carbocycles. The predicted molar refractivity (Wildman–Crippen MR) is 337 cm³/mol. The van der Waals surface area contributed by atoms with Crippen molar-refractivity contribution >= 4 is 82.5 Å². The van der Waals surface area contributed by atoms with Crippen LogP contribution in [-0.2, 0) is 6.42 Å². The first kappa shape index (κ1) is 46.1. The van der Waals surface area contributed by atoms with E-state index in [0.29, 0.717) is 17.5 Å². The zero-order valence-corrected chi connectivity index (χ0v) is 44.4. The van der Waals surface area contributed by atoms with Gasteiger partial charge in [-0.05, 0) is 102 Å². The smallest absolute Gasteiger partial charge is 0.164 e. The van der Waals surface area contributed by atoms with E-state index in [1.807, 2.05) is 36.4 Å². The second-order valence-electron chi connectivity index (χ2n) is 21.4. The molecule has 1 aliphatic rings. The molecular weight excluding hydrogens is 1000 g/mol. The van der Waals surface area contributed by atoms with Gasteiger partial charge in [-0.3, -0.25) is 0 Å². The van der Waals surface area contributed by atoms with Crippen LogP contribution >= 0.6 is 0 Å². The predicted octanol–water partition coefficient (Wildman–Crippen LogP) is 19.1. The molecule has 1 unspecified atom stereocenters. The maximum absolute atomic E-state index is 6.43. The zero-order chi connectivity index (χ0) is 53.8. The number of fused-ring (bicyclic) bond motifs is 12. The third kappa shape index (κ3) is 7.19. The summed E-state index contributed by atoms with van der Waals surface area (Å²) >= 11 is 0. The number of para-hydroxylation sites is 5. The Bertz CT molecular complexity index is 5090.